The zero-order valence-corrected chi connectivity index (χ0v) is 12.0. The number of carbonyl (C=O) groups is 2. The maximum Gasteiger partial charge on any atom is 0.413 e. The van der Waals surface area contributed by atoms with Gasteiger partial charge in [0.15, 0.2) is 6.04 Å². The Hall–Kier alpha value is -1.59. The van der Waals surface area contributed by atoms with Gasteiger partial charge in [0, 0.05) is 10.6 Å². The summed E-state index contributed by atoms with van der Waals surface area (Å²) in [4.78, 5) is 23.7. The van der Waals surface area contributed by atoms with E-state index in [1.165, 1.54) is 7.11 Å². The molecule has 2 amide bonds. The molecule has 0 aromatic heterocycles. The minimum atomic E-state index is -0.743. The lowest BCUT2D eigenvalue weighted by molar-refractivity contribution is -0.908. The zero-order valence-electron chi connectivity index (χ0n) is 11.2. The van der Waals surface area contributed by atoms with Crippen molar-refractivity contribution in [3.8, 4) is 0 Å². The van der Waals surface area contributed by atoms with Gasteiger partial charge < -0.3 is 9.64 Å². The van der Waals surface area contributed by atoms with Gasteiger partial charge in [-0.05, 0) is 19.1 Å². The van der Waals surface area contributed by atoms with Gasteiger partial charge in [0.25, 0.3) is 5.91 Å². The predicted molar refractivity (Wildman–Crippen MR) is 72.1 cm³/mol. The number of nitrogens with one attached hydrogen (secondary N) is 2. The van der Waals surface area contributed by atoms with Crippen LogP contribution in [0.1, 0.15) is 12.5 Å². The van der Waals surface area contributed by atoms with Gasteiger partial charge in [-0.25, -0.2) is 4.79 Å². The number of alkyl carbamates (subject to hydrolysis) is 1. The largest absolute Gasteiger partial charge is 0.453 e. The predicted octanol–water partition coefficient (Wildman–Crippen LogP) is 0.626. The van der Waals surface area contributed by atoms with E-state index in [1.807, 2.05) is 25.2 Å². The first-order valence-corrected chi connectivity index (χ1v) is 6.27. The van der Waals surface area contributed by atoms with Gasteiger partial charge in [-0.1, -0.05) is 23.7 Å². The Morgan fingerprint density at radius 1 is 1.47 bits per heavy atom. The molecular formula is C13H18ClN2O3+. The molecule has 0 saturated carbocycles. The highest BCUT2D eigenvalue weighted by molar-refractivity contribution is 6.30. The number of methoxy groups -OCH3 is 1. The number of carbonyl (C=O) groups excluding carboxylic acids is 2. The van der Waals surface area contributed by atoms with E-state index in [0.29, 0.717) is 11.6 Å². The molecule has 0 fully saturated rings. The van der Waals surface area contributed by atoms with Crippen molar-refractivity contribution < 1.29 is 19.2 Å². The number of hydrogen-bond donors (Lipinski definition) is 2. The fourth-order valence-corrected chi connectivity index (χ4v) is 1.82. The van der Waals surface area contributed by atoms with Crippen LogP contribution in [0.4, 0.5) is 4.79 Å². The molecule has 1 aromatic carbocycles. The number of halogens is 1. The second-order valence-corrected chi connectivity index (χ2v) is 4.79. The molecule has 104 valence electrons. The van der Waals surface area contributed by atoms with Crippen molar-refractivity contribution in [2.45, 2.75) is 19.5 Å². The molecule has 0 saturated heterocycles. The topological polar surface area (TPSA) is 59.8 Å². The van der Waals surface area contributed by atoms with Gasteiger partial charge in [0.2, 0.25) is 0 Å². The summed E-state index contributed by atoms with van der Waals surface area (Å²) >= 11 is 5.91. The van der Waals surface area contributed by atoms with Crippen LogP contribution in [0.5, 0.6) is 0 Å². The third-order valence-corrected chi connectivity index (χ3v) is 3.15. The van der Waals surface area contributed by atoms with Crippen LogP contribution < -0.4 is 10.2 Å². The Bertz CT molecular complexity index is 465. The van der Waals surface area contributed by atoms with Gasteiger partial charge in [-0.15, -0.1) is 0 Å². The maximum atomic E-state index is 11.8. The van der Waals surface area contributed by atoms with Crippen LogP contribution >= 0.6 is 11.6 Å². The average molecular weight is 286 g/mol. The number of amides is 2. The highest BCUT2D eigenvalue weighted by atomic mass is 35.5. The van der Waals surface area contributed by atoms with E-state index in [0.717, 1.165) is 10.5 Å². The van der Waals surface area contributed by atoms with E-state index in [9.17, 15) is 9.59 Å². The molecule has 0 bridgehead atoms. The van der Waals surface area contributed by atoms with Crippen LogP contribution in [0, 0.1) is 0 Å². The molecular weight excluding hydrogens is 268 g/mol. The van der Waals surface area contributed by atoms with Crippen LogP contribution in [0.2, 0.25) is 5.02 Å². The lowest BCUT2D eigenvalue weighted by atomic mass is 10.2. The SMILES string of the molecule is COC(=O)NC(=O)[C@@H](C)[NH+](C)Cc1cccc(Cl)c1. The molecule has 2 N–H and O–H groups in total. The van der Waals surface area contributed by atoms with Crippen LogP contribution in [0.3, 0.4) is 0 Å². The molecule has 6 heteroatoms. The first kappa shape index (κ1) is 15.5. The second kappa shape index (κ2) is 7.11. The van der Waals surface area contributed by atoms with Crippen LogP contribution in [0.15, 0.2) is 24.3 Å². The molecule has 1 unspecified atom stereocenters. The van der Waals surface area contributed by atoms with Crippen molar-refractivity contribution >= 4 is 23.6 Å². The zero-order chi connectivity index (χ0) is 14.4. The van der Waals surface area contributed by atoms with E-state index >= 15 is 0 Å². The van der Waals surface area contributed by atoms with Gasteiger partial charge >= 0.3 is 6.09 Å². The summed E-state index contributed by atoms with van der Waals surface area (Å²) in [6, 6.07) is 7.09. The summed E-state index contributed by atoms with van der Waals surface area (Å²) in [5.41, 5.74) is 1.03. The Labute approximate surface area is 117 Å². The average Bonchev–Trinajstić information content (AvgIpc) is 2.37. The molecule has 5 nitrogen and oxygen atoms in total. The van der Waals surface area contributed by atoms with E-state index < -0.39 is 6.09 Å². The van der Waals surface area contributed by atoms with Crippen LogP contribution in [-0.4, -0.2) is 32.2 Å². The molecule has 19 heavy (non-hydrogen) atoms. The number of likely N-dealkylation sites (N-methyl/N-ethyl adjacent to an activating group) is 1. The number of quaternary nitrogens is 1. The van der Waals surface area contributed by atoms with Gasteiger partial charge in [-0.3, -0.25) is 10.1 Å². The molecule has 0 aliphatic carbocycles. The van der Waals surface area contributed by atoms with Crippen molar-refractivity contribution in [2.75, 3.05) is 14.2 Å². The number of hydrogen-bond acceptors (Lipinski definition) is 3. The summed E-state index contributed by atoms with van der Waals surface area (Å²) in [5, 5.41) is 2.82. The quantitative estimate of drug-likeness (QED) is 0.853. The number of imide groups is 1. The first-order valence-electron chi connectivity index (χ1n) is 5.89. The van der Waals surface area contributed by atoms with Crippen molar-refractivity contribution in [1.82, 2.24) is 5.32 Å². The van der Waals surface area contributed by atoms with E-state index in [2.05, 4.69) is 10.1 Å². The third-order valence-electron chi connectivity index (χ3n) is 2.92. The maximum absolute atomic E-state index is 11.8. The molecule has 0 aliphatic heterocycles. The lowest BCUT2D eigenvalue weighted by Gasteiger charge is -2.20. The normalized spacial score (nSPS) is 13.5. The Balaban J connectivity index is 2.59. The molecule has 1 aromatic rings. The molecule has 2 atom stereocenters. The summed E-state index contributed by atoms with van der Waals surface area (Å²) in [5.74, 6) is -0.369. The van der Waals surface area contributed by atoms with E-state index in [4.69, 9.17) is 11.6 Å². The minimum absolute atomic E-state index is 0.369. The van der Waals surface area contributed by atoms with Crippen molar-refractivity contribution in [1.29, 1.82) is 0 Å². The van der Waals surface area contributed by atoms with Gasteiger partial charge in [0.05, 0.1) is 14.2 Å². The Kier molecular flexibility index (Phi) is 5.79. The number of rotatable bonds is 4. The van der Waals surface area contributed by atoms with E-state index in [-0.39, 0.29) is 11.9 Å². The van der Waals surface area contributed by atoms with Crippen LogP contribution in [-0.2, 0) is 16.1 Å². The fourth-order valence-electron chi connectivity index (χ4n) is 1.61. The minimum Gasteiger partial charge on any atom is -0.453 e. The monoisotopic (exact) mass is 285 g/mol. The van der Waals surface area contributed by atoms with E-state index in [1.54, 1.807) is 13.0 Å². The molecule has 0 spiro atoms. The summed E-state index contributed by atoms with van der Waals surface area (Å²) in [6.07, 6.45) is -0.743. The standard InChI is InChI=1S/C13H17ClN2O3/c1-9(12(17)15-13(18)19-3)16(2)8-10-5-4-6-11(14)7-10/h4-7,9H,8H2,1-3H3,(H,15,17,18)/p+1/t9-/m1/s1. The smallest absolute Gasteiger partial charge is 0.413 e. The lowest BCUT2D eigenvalue weighted by Crippen LogP contribution is -3.12. The van der Waals surface area contributed by atoms with Gasteiger partial charge in [0.1, 0.15) is 6.54 Å². The fraction of sp³-hybridized carbons (Fsp3) is 0.385. The molecule has 0 heterocycles. The number of ether oxygens (including phenoxy) is 1. The first-order chi connectivity index (χ1) is 8.93. The molecule has 1 rings (SSSR count). The second-order valence-electron chi connectivity index (χ2n) is 4.36. The Morgan fingerprint density at radius 3 is 2.74 bits per heavy atom. The van der Waals surface area contributed by atoms with Gasteiger partial charge in [-0.2, -0.15) is 0 Å². The van der Waals surface area contributed by atoms with Crippen molar-refractivity contribution in [3.63, 3.8) is 0 Å². The number of benzene rings is 1. The summed E-state index contributed by atoms with van der Waals surface area (Å²) < 4.78 is 4.39. The highest BCUT2D eigenvalue weighted by Crippen LogP contribution is 2.09. The van der Waals surface area contributed by atoms with Crippen LogP contribution in [0.25, 0.3) is 0 Å². The van der Waals surface area contributed by atoms with Crippen molar-refractivity contribution in [2.24, 2.45) is 0 Å². The molecule has 0 radical (unpaired) electrons. The van der Waals surface area contributed by atoms with Crippen molar-refractivity contribution in [3.05, 3.63) is 34.9 Å². The highest BCUT2D eigenvalue weighted by Gasteiger charge is 2.23. The summed E-state index contributed by atoms with van der Waals surface area (Å²) in [7, 11) is 3.10. The summed E-state index contributed by atoms with van der Waals surface area (Å²) in [6.45, 7) is 2.38. The Morgan fingerprint density at radius 2 is 2.16 bits per heavy atom. The molecule has 0 aliphatic rings. The third kappa shape index (κ3) is 4.89.